The SMILES string of the molecule is C#CC#Cc1cc(C#CC#C)c(O)c(-n2nc3ccccc3n2)c1. The molecule has 0 fully saturated rings. The van der Waals surface area contributed by atoms with Gasteiger partial charge in [-0.2, -0.15) is 0 Å². The average Bonchev–Trinajstić information content (AvgIpc) is 3.03. The molecule has 0 unspecified atom stereocenters. The van der Waals surface area contributed by atoms with Crippen LogP contribution < -0.4 is 0 Å². The first-order valence-electron chi connectivity index (χ1n) is 6.85. The monoisotopic (exact) mass is 307 g/mol. The first kappa shape index (κ1) is 14.8. The van der Waals surface area contributed by atoms with Gasteiger partial charge in [0.1, 0.15) is 16.7 Å². The lowest BCUT2D eigenvalue weighted by atomic mass is 10.1. The molecule has 24 heavy (non-hydrogen) atoms. The van der Waals surface area contributed by atoms with Crippen LogP contribution in [0.25, 0.3) is 16.7 Å². The molecule has 4 heteroatoms. The lowest BCUT2D eigenvalue weighted by Crippen LogP contribution is -2.01. The van der Waals surface area contributed by atoms with Gasteiger partial charge < -0.3 is 5.11 Å². The third-order valence-corrected chi connectivity index (χ3v) is 3.14. The van der Waals surface area contributed by atoms with Crippen molar-refractivity contribution in [1.82, 2.24) is 15.0 Å². The van der Waals surface area contributed by atoms with Crippen molar-refractivity contribution >= 4 is 11.0 Å². The van der Waals surface area contributed by atoms with Crippen molar-refractivity contribution in [3.63, 3.8) is 0 Å². The van der Waals surface area contributed by atoms with Gasteiger partial charge in [0, 0.05) is 5.56 Å². The fourth-order valence-corrected chi connectivity index (χ4v) is 2.12. The molecule has 1 N–H and O–H groups in total. The van der Waals surface area contributed by atoms with Gasteiger partial charge in [-0.25, -0.2) is 0 Å². The molecule has 0 atom stereocenters. The Kier molecular flexibility index (Phi) is 3.90. The summed E-state index contributed by atoms with van der Waals surface area (Å²) in [7, 11) is 0. The third-order valence-electron chi connectivity index (χ3n) is 3.14. The zero-order valence-corrected chi connectivity index (χ0v) is 12.4. The zero-order valence-electron chi connectivity index (χ0n) is 12.4. The molecular formula is C20H9N3O. The van der Waals surface area contributed by atoms with Crippen LogP contribution in [0.2, 0.25) is 0 Å². The Bertz CT molecular complexity index is 1120. The summed E-state index contributed by atoms with van der Waals surface area (Å²) < 4.78 is 0. The lowest BCUT2D eigenvalue weighted by molar-refractivity contribution is 0.466. The zero-order chi connectivity index (χ0) is 16.9. The van der Waals surface area contributed by atoms with E-state index in [-0.39, 0.29) is 5.75 Å². The molecule has 3 rings (SSSR count). The van der Waals surface area contributed by atoms with Crippen LogP contribution in [0.1, 0.15) is 11.1 Å². The number of nitrogens with zero attached hydrogens (tertiary/aromatic N) is 3. The second-order valence-electron chi connectivity index (χ2n) is 4.66. The largest absolute Gasteiger partial charge is 0.504 e. The smallest absolute Gasteiger partial charge is 0.158 e. The summed E-state index contributed by atoms with van der Waals surface area (Å²) in [5.41, 5.74) is 2.65. The van der Waals surface area contributed by atoms with E-state index in [4.69, 9.17) is 12.8 Å². The molecule has 1 heterocycles. The number of benzene rings is 2. The maximum Gasteiger partial charge on any atom is 0.158 e. The minimum atomic E-state index is -0.0793. The van der Waals surface area contributed by atoms with E-state index in [0.29, 0.717) is 27.8 Å². The Morgan fingerprint density at radius 3 is 2.17 bits per heavy atom. The van der Waals surface area contributed by atoms with Crippen LogP contribution in [0.15, 0.2) is 36.4 Å². The van der Waals surface area contributed by atoms with Gasteiger partial charge in [-0.3, -0.25) is 0 Å². The predicted molar refractivity (Wildman–Crippen MR) is 92.0 cm³/mol. The molecule has 2 aromatic carbocycles. The Balaban J connectivity index is 2.25. The molecule has 0 radical (unpaired) electrons. The summed E-state index contributed by atoms with van der Waals surface area (Å²) in [6.07, 6.45) is 10.3. The average molecular weight is 307 g/mol. The van der Waals surface area contributed by atoms with Gasteiger partial charge in [0.25, 0.3) is 0 Å². The van der Waals surface area contributed by atoms with Gasteiger partial charge in [0.2, 0.25) is 0 Å². The molecule has 0 amide bonds. The van der Waals surface area contributed by atoms with E-state index >= 15 is 0 Å². The van der Waals surface area contributed by atoms with Crippen molar-refractivity contribution in [3.05, 3.63) is 47.5 Å². The van der Waals surface area contributed by atoms with Gasteiger partial charge in [-0.05, 0) is 53.9 Å². The summed E-state index contributed by atoms with van der Waals surface area (Å²) in [6.45, 7) is 0. The number of hydrogen-bond acceptors (Lipinski definition) is 3. The highest BCUT2D eigenvalue weighted by Gasteiger charge is 2.13. The van der Waals surface area contributed by atoms with Gasteiger partial charge in [0.05, 0.1) is 5.56 Å². The van der Waals surface area contributed by atoms with Crippen LogP contribution in [0.3, 0.4) is 0 Å². The number of hydrogen-bond donors (Lipinski definition) is 1. The highest BCUT2D eigenvalue weighted by atomic mass is 16.3. The minimum Gasteiger partial charge on any atom is -0.504 e. The third kappa shape index (κ3) is 2.77. The van der Waals surface area contributed by atoms with Crippen LogP contribution in [-0.4, -0.2) is 20.1 Å². The van der Waals surface area contributed by atoms with Crippen molar-refractivity contribution < 1.29 is 5.11 Å². The van der Waals surface area contributed by atoms with Gasteiger partial charge in [0.15, 0.2) is 5.75 Å². The Hall–Kier alpha value is -4.12. The van der Waals surface area contributed by atoms with Crippen LogP contribution in [0.4, 0.5) is 0 Å². The van der Waals surface area contributed by atoms with Crippen molar-refractivity contribution in [3.8, 4) is 59.8 Å². The quantitative estimate of drug-likeness (QED) is 0.701. The van der Waals surface area contributed by atoms with Gasteiger partial charge in [-0.1, -0.05) is 18.1 Å². The molecule has 0 aliphatic carbocycles. The normalized spacial score (nSPS) is 9.08. The van der Waals surface area contributed by atoms with Gasteiger partial charge in [-0.15, -0.1) is 27.8 Å². The molecule has 3 aromatic rings. The van der Waals surface area contributed by atoms with E-state index in [9.17, 15) is 5.11 Å². The van der Waals surface area contributed by atoms with E-state index in [1.807, 2.05) is 24.3 Å². The second kappa shape index (κ2) is 6.33. The Morgan fingerprint density at radius 2 is 1.54 bits per heavy atom. The minimum absolute atomic E-state index is 0.0793. The van der Waals surface area contributed by atoms with Crippen molar-refractivity contribution in [2.24, 2.45) is 0 Å². The number of aromatic nitrogens is 3. The molecule has 0 aliphatic heterocycles. The number of phenols is 1. The Morgan fingerprint density at radius 1 is 0.917 bits per heavy atom. The standard InChI is InChI=1S/C20H9N3O/c1-3-5-9-15-13-16(10-6-4-2)20(24)19(14-15)23-21-17-11-7-8-12-18(17)22-23/h1-2,7-8,11-14,24H. The number of fused-ring (bicyclic) bond motifs is 1. The summed E-state index contributed by atoms with van der Waals surface area (Å²) in [6, 6.07) is 10.6. The van der Waals surface area contributed by atoms with Crippen LogP contribution >= 0.6 is 0 Å². The first-order chi connectivity index (χ1) is 11.7. The van der Waals surface area contributed by atoms with E-state index in [2.05, 4.69) is 45.7 Å². The van der Waals surface area contributed by atoms with E-state index in [0.717, 1.165) is 0 Å². The summed E-state index contributed by atoms with van der Waals surface area (Å²) in [5, 5.41) is 19.2. The van der Waals surface area contributed by atoms with E-state index in [1.165, 1.54) is 4.80 Å². The van der Waals surface area contributed by atoms with Crippen molar-refractivity contribution in [2.75, 3.05) is 0 Å². The molecule has 0 saturated heterocycles. The number of aromatic hydroxyl groups is 1. The molecule has 1 aromatic heterocycles. The van der Waals surface area contributed by atoms with Crippen molar-refractivity contribution in [1.29, 1.82) is 0 Å². The fraction of sp³-hybridized carbons (Fsp3) is 0. The van der Waals surface area contributed by atoms with Crippen LogP contribution in [0, 0.1) is 48.4 Å². The second-order valence-corrected chi connectivity index (χ2v) is 4.66. The predicted octanol–water partition coefficient (Wildman–Crippen LogP) is 2.10. The number of terminal acetylenes is 2. The molecule has 0 spiro atoms. The van der Waals surface area contributed by atoms with E-state index < -0.39 is 0 Å². The lowest BCUT2D eigenvalue weighted by Gasteiger charge is -2.06. The maximum absolute atomic E-state index is 10.5. The van der Waals surface area contributed by atoms with Crippen LogP contribution in [0.5, 0.6) is 5.75 Å². The van der Waals surface area contributed by atoms with Gasteiger partial charge >= 0.3 is 0 Å². The molecule has 110 valence electrons. The highest BCUT2D eigenvalue weighted by Crippen LogP contribution is 2.27. The molecule has 0 aliphatic rings. The Labute approximate surface area is 139 Å². The summed E-state index contributed by atoms with van der Waals surface area (Å²) in [5.74, 6) is 14.9. The summed E-state index contributed by atoms with van der Waals surface area (Å²) in [4.78, 5) is 1.34. The molecule has 0 saturated carbocycles. The number of rotatable bonds is 1. The highest BCUT2D eigenvalue weighted by molar-refractivity contribution is 5.74. The summed E-state index contributed by atoms with van der Waals surface area (Å²) >= 11 is 0. The maximum atomic E-state index is 10.5. The molecular weight excluding hydrogens is 298 g/mol. The fourth-order valence-electron chi connectivity index (χ4n) is 2.12. The van der Waals surface area contributed by atoms with E-state index in [1.54, 1.807) is 12.1 Å². The first-order valence-corrected chi connectivity index (χ1v) is 6.85. The molecule has 4 nitrogen and oxygen atoms in total. The van der Waals surface area contributed by atoms with Crippen molar-refractivity contribution in [2.45, 2.75) is 0 Å². The van der Waals surface area contributed by atoms with Crippen LogP contribution in [-0.2, 0) is 0 Å². The number of phenolic OH excluding ortho intramolecular Hbond substituents is 1. The topological polar surface area (TPSA) is 50.9 Å². The molecule has 0 bridgehead atoms.